The highest BCUT2D eigenvalue weighted by Crippen LogP contribution is 2.21. The van der Waals surface area contributed by atoms with Crippen molar-refractivity contribution in [2.24, 2.45) is 5.73 Å². The molecule has 0 aliphatic carbocycles. The molecule has 4 rings (SSSR count). The van der Waals surface area contributed by atoms with Crippen molar-refractivity contribution in [2.45, 2.75) is 62.7 Å². The van der Waals surface area contributed by atoms with Crippen molar-refractivity contribution in [3.63, 3.8) is 0 Å². The van der Waals surface area contributed by atoms with Crippen molar-refractivity contribution < 1.29 is 29.1 Å². The molecule has 3 heterocycles. The van der Waals surface area contributed by atoms with E-state index in [0.717, 1.165) is 27.8 Å². The molecule has 0 saturated carbocycles. The van der Waals surface area contributed by atoms with Gasteiger partial charge in [-0.15, -0.1) is 0 Å². The van der Waals surface area contributed by atoms with Crippen LogP contribution in [0.2, 0.25) is 0 Å². The van der Waals surface area contributed by atoms with Crippen LogP contribution in [0.15, 0.2) is 30.5 Å². The summed E-state index contributed by atoms with van der Waals surface area (Å²) in [6.07, 6.45) is 3.66. The summed E-state index contributed by atoms with van der Waals surface area (Å²) < 4.78 is 0. The first-order chi connectivity index (χ1) is 17.7. The molecule has 4 amide bonds. The van der Waals surface area contributed by atoms with Gasteiger partial charge in [0.15, 0.2) is 0 Å². The number of aliphatic carboxylic acids is 1. The van der Waals surface area contributed by atoms with Crippen molar-refractivity contribution in [3.05, 3.63) is 36.0 Å². The van der Waals surface area contributed by atoms with E-state index in [4.69, 9.17) is 5.73 Å². The average Bonchev–Trinajstić information content (AvgIpc) is 3.63. The monoisotopic (exact) mass is 512 g/mol. The van der Waals surface area contributed by atoms with Crippen LogP contribution in [0.3, 0.4) is 0 Å². The van der Waals surface area contributed by atoms with Crippen molar-refractivity contribution in [1.82, 2.24) is 25.8 Å². The second kappa shape index (κ2) is 11.4. The summed E-state index contributed by atoms with van der Waals surface area (Å²) in [5, 5.41) is 18.8. The third kappa shape index (κ3) is 6.08. The number of amides is 4. The number of hydrogen-bond donors (Lipinski definition) is 6. The van der Waals surface area contributed by atoms with Crippen LogP contribution in [0.25, 0.3) is 10.9 Å². The third-order valence-corrected chi connectivity index (χ3v) is 6.95. The van der Waals surface area contributed by atoms with Gasteiger partial charge < -0.3 is 36.7 Å². The lowest BCUT2D eigenvalue weighted by Gasteiger charge is -2.28. The summed E-state index contributed by atoms with van der Waals surface area (Å²) in [6, 6.07) is 3.68. The summed E-state index contributed by atoms with van der Waals surface area (Å²) in [5.41, 5.74) is 7.01. The lowest BCUT2D eigenvalue weighted by atomic mass is 10.0. The number of benzene rings is 1. The Hall–Kier alpha value is -3.93. The van der Waals surface area contributed by atoms with Gasteiger partial charge in [-0.2, -0.15) is 0 Å². The van der Waals surface area contributed by atoms with E-state index in [0.29, 0.717) is 19.4 Å². The Balaban J connectivity index is 1.56. The molecule has 1 aromatic heterocycles. The molecule has 0 spiro atoms. The van der Waals surface area contributed by atoms with E-state index in [-0.39, 0.29) is 25.3 Å². The number of carboxylic acid groups (broad SMARTS) is 1. The number of aromatic amines is 1. The minimum absolute atomic E-state index is 0.132. The third-order valence-electron chi connectivity index (χ3n) is 6.95. The maximum absolute atomic E-state index is 13.5. The predicted molar refractivity (Wildman–Crippen MR) is 133 cm³/mol. The number of aromatic nitrogens is 1. The van der Waals surface area contributed by atoms with Crippen molar-refractivity contribution in [1.29, 1.82) is 0 Å². The molecule has 2 fully saturated rings. The van der Waals surface area contributed by atoms with Crippen LogP contribution in [0.5, 0.6) is 0 Å². The van der Waals surface area contributed by atoms with E-state index in [1.807, 2.05) is 24.3 Å². The quantitative estimate of drug-likeness (QED) is 0.245. The highest BCUT2D eigenvalue weighted by molar-refractivity contribution is 5.97. The number of carbonyl (C=O) groups is 5. The minimum Gasteiger partial charge on any atom is -0.480 e. The molecule has 2 aliphatic heterocycles. The highest BCUT2D eigenvalue weighted by Gasteiger charge is 2.39. The molecule has 12 nitrogen and oxygen atoms in total. The molecule has 12 heteroatoms. The second-order valence-corrected chi connectivity index (χ2v) is 9.53. The Bertz CT molecular complexity index is 1190. The average molecular weight is 513 g/mol. The predicted octanol–water partition coefficient (Wildman–Crippen LogP) is -0.617. The topological polar surface area (TPSA) is 187 Å². The van der Waals surface area contributed by atoms with Gasteiger partial charge in [-0.25, -0.2) is 4.79 Å². The van der Waals surface area contributed by atoms with Crippen LogP contribution in [-0.2, 0) is 30.4 Å². The molecule has 2 saturated heterocycles. The highest BCUT2D eigenvalue weighted by atomic mass is 16.4. The van der Waals surface area contributed by atoms with Crippen molar-refractivity contribution >= 4 is 40.5 Å². The van der Waals surface area contributed by atoms with Gasteiger partial charge >= 0.3 is 5.97 Å². The normalized spacial score (nSPS) is 20.9. The smallest absolute Gasteiger partial charge is 0.326 e. The summed E-state index contributed by atoms with van der Waals surface area (Å²) in [4.78, 5) is 67.3. The van der Waals surface area contributed by atoms with Crippen LogP contribution in [-0.4, -0.2) is 81.8 Å². The zero-order valence-corrected chi connectivity index (χ0v) is 20.4. The molecule has 0 radical (unpaired) electrons. The van der Waals surface area contributed by atoms with E-state index < -0.39 is 54.3 Å². The standard InChI is InChI=1S/C25H32N6O6/c26-21(32)12-19(24(35)31-10-4-8-20(31)25(36)37)30-23(34)18(29-22(33)17-7-3-9-27-17)11-14-13-28-16-6-2-1-5-15(14)16/h1-2,5-6,13,17-20,27-28H,3-4,7-12H2,(H2,26,32)(H,29,33)(H,30,34)(H,36,37). The Kier molecular flexibility index (Phi) is 8.07. The number of para-hydroxylation sites is 1. The molecule has 1 aromatic carbocycles. The molecule has 37 heavy (non-hydrogen) atoms. The van der Waals surface area contributed by atoms with Gasteiger partial charge in [0, 0.05) is 30.1 Å². The first-order valence-corrected chi connectivity index (χ1v) is 12.5. The van der Waals surface area contributed by atoms with Crippen LogP contribution in [0.1, 0.15) is 37.7 Å². The van der Waals surface area contributed by atoms with Gasteiger partial charge in [0.2, 0.25) is 23.6 Å². The van der Waals surface area contributed by atoms with E-state index in [1.54, 1.807) is 6.20 Å². The fraction of sp³-hybridized carbons (Fsp3) is 0.480. The largest absolute Gasteiger partial charge is 0.480 e. The van der Waals surface area contributed by atoms with E-state index in [2.05, 4.69) is 20.9 Å². The summed E-state index contributed by atoms with van der Waals surface area (Å²) >= 11 is 0. The van der Waals surface area contributed by atoms with Crippen LogP contribution in [0.4, 0.5) is 0 Å². The lowest BCUT2D eigenvalue weighted by molar-refractivity contribution is -0.149. The zero-order valence-electron chi connectivity index (χ0n) is 20.4. The molecule has 7 N–H and O–H groups in total. The van der Waals surface area contributed by atoms with Crippen LogP contribution < -0.4 is 21.7 Å². The summed E-state index contributed by atoms with van der Waals surface area (Å²) in [5.74, 6) is -3.66. The molecule has 4 atom stereocenters. The first kappa shape index (κ1) is 26.1. The first-order valence-electron chi connectivity index (χ1n) is 12.5. The van der Waals surface area contributed by atoms with Gasteiger partial charge in [0.1, 0.15) is 18.1 Å². The number of hydrogen-bond acceptors (Lipinski definition) is 6. The summed E-state index contributed by atoms with van der Waals surface area (Å²) in [6.45, 7) is 0.900. The number of fused-ring (bicyclic) bond motifs is 1. The summed E-state index contributed by atoms with van der Waals surface area (Å²) in [7, 11) is 0. The second-order valence-electron chi connectivity index (χ2n) is 9.53. The number of H-pyrrole nitrogens is 1. The molecule has 198 valence electrons. The number of nitrogens with one attached hydrogen (secondary N) is 4. The SMILES string of the molecule is NC(=O)CC(NC(=O)C(Cc1c[nH]c2ccccc12)NC(=O)C1CCCN1)C(=O)N1CCCC1C(=O)O. The van der Waals surface area contributed by atoms with Gasteiger partial charge in [0.25, 0.3) is 0 Å². The Morgan fingerprint density at radius 1 is 1.08 bits per heavy atom. The maximum Gasteiger partial charge on any atom is 0.326 e. The fourth-order valence-corrected chi connectivity index (χ4v) is 5.07. The zero-order chi connectivity index (χ0) is 26.5. The number of likely N-dealkylation sites (tertiary alicyclic amines) is 1. The van der Waals surface area contributed by atoms with E-state index >= 15 is 0 Å². The molecule has 4 unspecified atom stereocenters. The Labute approximate surface area is 213 Å². The van der Waals surface area contributed by atoms with Crippen LogP contribution >= 0.6 is 0 Å². The molecule has 2 aliphatic rings. The maximum atomic E-state index is 13.5. The van der Waals surface area contributed by atoms with Gasteiger partial charge in [-0.05, 0) is 43.9 Å². The number of nitrogens with two attached hydrogens (primary N) is 1. The van der Waals surface area contributed by atoms with Crippen LogP contribution in [0, 0.1) is 0 Å². The van der Waals surface area contributed by atoms with E-state index in [9.17, 15) is 29.1 Å². The number of rotatable bonds is 10. The number of carbonyl (C=O) groups excluding carboxylic acids is 4. The number of nitrogens with zero attached hydrogens (tertiary/aromatic N) is 1. The lowest BCUT2D eigenvalue weighted by Crippen LogP contribution is -2.58. The van der Waals surface area contributed by atoms with Gasteiger partial charge in [-0.3, -0.25) is 19.2 Å². The van der Waals surface area contributed by atoms with Gasteiger partial charge in [-0.1, -0.05) is 18.2 Å². The number of primary amides is 1. The Morgan fingerprint density at radius 2 is 1.86 bits per heavy atom. The molecule has 2 aromatic rings. The van der Waals surface area contributed by atoms with E-state index in [1.165, 1.54) is 0 Å². The molecular weight excluding hydrogens is 480 g/mol. The Morgan fingerprint density at radius 3 is 2.57 bits per heavy atom. The molecular formula is C25H32N6O6. The van der Waals surface area contributed by atoms with Crippen molar-refractivity contribution in [3.8, 4) is 0 Å². The number of carboxylic acids is 1. The molecule has 0 bridgehead atoms. The minimum atomic E-state index is -1.35. The fourth-order valence-electron chi connectivity index (χ4n) is 5.07. The van der Waals surface area contributed by atoms with Gasteiger partial charge in [0.05, 0.1) is 12.5 Å². The van der Waals surface area contributed by atoms with Crippen molar-refractivity contribution in [2.75, 3.05) is 13.1 Å².